The SMILES string of the molecule is O=C(COC(=O)c1ccccc1C(=O)c1ccc(Cl)cc1)NN1C(=O)NC2(CCCCC2)C1=O. The Morgan fingerprint density at radius 2 is 1.62 bits per heavy atom. The second-order valence-corrected chi connectivity index (χ2v) is 8.64. The number of halogens is 1. The van der Waals surface area contributed by atoms with E-state index in [2.05, 4.69) is 10.7 Å². The third kappa shape index (κ3) is 4.65. The summed E-state index contributed by atoms with van der Waals surface area (Å²) in [7, 11) is 0. The highest BCUT2D eigenvalue weighted by Gasteiger charge is 2.52. The van der Waals surface area contributed by atoms with Crippen LogP contribution in [0.15, 0.2) is 48.5 Å². The van der Waals surface area contributed by atoms with Gasteiger partial charge in [0.2, 0.25) is 0 Å². The van der Waals surface area contributed by atoms with E-state index in [1.807, 2.05) is 0 Å². The molecule has 9 nitrogen and oxygen atoms in total. The number of hydrogen-bond donors (Lipinski definition) is 2. The van der Waals surface area contributed by atoms with Crippen LogP contribution < -0.4 is 10.7 Å². The molecular weight excluding hydrogens is 462 g/mol. The highest BCUT2D eigenvalue weighted by Crippen LogP contribution is 2.33. The number of carbonyl (C=O) groups excluding carboxylic acids is 5. The van der Waals surface area contributed by atoms with E-state index in [0.717, 1.165) is 19.3 Å². The molecule has 1 aliphatic carbocycles. The average Bonchev–Trinajstić information content (AvgIpc) is 3.06. The molecule has 0 atom stereocenters. The van der Waals surface area contributed by atoms with Gasteiger partial charge in [-0.05, 0) is 43.2 Å². The molecule has 1 aliphatic heterocycles. The number of amides is 4. The Morgan fingerprint density at radius 1 is 0.971 bits per heavy atom. The van der Waals surface area contributed by atoms with E-state index in [0.29, 0.717) is 28.4 Å². The van der Waals surface area contributed by atoms with Gasteiger partial charge in [0.05, 0.1) is 5.56 Å². The number of urea groups is 1. The maximum Gasteiger partial charge on any atom is 0.344 e. The first-order chi connectivity index (χ1) is 16.3. The second kappa shape index (κ2) is 9.64. The first-order valence-electron chi connectivity index (χ1n) is 10.8. The fraction of sp³-hybridized carbons (Fsp3) is 0.292. The summed E-state index contributed by atoms with van der Waals surface area (Å²) in [5, 5.41) is 3.78. The number of hydrogen-bond acceptors (Lipinski definition) is 6. The molecular formula is C24H22ClN3O6. The smallest absolute Gasteiger partial charge is 0.344 e. The van der Waals surface area contributed by atoms with Crippen LogP contribution in [0, 0.1) is 0 Å². The summed E-state index contributed by atoms with van der Waals surface area (Å²) in [6.45, 7) is -0.744. The predicted octanol–water partition coefficient (Wildman–Crippen LogP) is 3.01. The van der Waals surface area contributed by atoms with E-state index in [-0.39, 0.29) is 11.1 Å². The molecule has 0 bridgehead atoms. The third-order valence-corrected chi connectivity index (χ3v) is 6.19. The first-order valence-corrected chi connectivity index (χ1v) is 11.2. The summed E-state index contributed by atoms with van der Waals surface area (Å²) in [4.78, 5) is 62.8. The van der Waals surface area contributed by atoms with Gasteiger partial charge in [-0.3, -0.25) is 19.8 Å². The van der Waals surface area contributed by atoms with Gasteiger partial charge in [-0.15, -0.1) is 0 Å². The van der Waals surface area contributed by atoms with E-state index in [4.69, 9.17) is 16.3 Å². The number of ether oxygens (including phenoxy) is 1. The fourth-order valence-electron chi connectivity index (χ4n) is 4.20. The summed E-state index contributed by atoms with van der Waals surface area (Å²) in [6, 6.07) is 11.5. The molecule has 1 saturated carbocycles. The lowest BCUT2D eigenvalue weighted by Gasteiger charge is -2.30. The van der Waals surface area contributed by atoms with Gasteiger partial charge in [0.25, 0.3) is 11.8 Å². The number of hydrazine groups is 1. The monoisotopic (exact) mass is 483 g/mol. The molecule has 1 saturated heterocycles. The number of carbonyl (C=O) groups is 5. The van der Waals surface area contributed by atoms with Crippen LogP contribution in [0.1, 0.15) is 58.4 Å². The minimum Gasteiger partial charge on any atom is -0.452 e. The first kappa shape index (κ1) is 23.4. The van der Waals surface area contributed by atoms with Gasteiger partial charge >= 0.3 is 12.0 Å². The van der Waals surface area contributed by atoms with Gasteiger partial charge < -0.3 is 10.1 Å². The van der Waals surface area contributed by atoms with Crippen molar-refractivity contribution >= 4 is 41.2 Å². The predicted molar refractivity (Wildman–Crippen MR) is 121 cm³/mol. The molecule has 2 aromatic carbocycles. The number of benzene rings is 2. The number of esters is 1. The van der Waals surface area contributed by atoms with Gasteiger partial charge in [0.1, 0.15) is 5.54 Å². The van der Waals surface area contributed by atoms with Crippen LogP contribution >= 0.6 is 11.6 Å². The van der Waals surface area contributed by atoms with E-state index in [1.54, 1.807) is 24.3 Å². The van der Waals surface area contributed by atoms with Crippen molar-refractivity contribution in [3.05, 3.63) is 70.2 Å². The van der Waals surface area contributed by atoms with Crippen molar-refractivity contribution in [3.63, 3.8) is 0 Å². The third-order valence-electron chi connectivity index (χ3n) is 5.94. The van der Waals surface area contributed by atoms with Crippen molar-refractivity contribution < 1.29 is 28.7 Å². The van der Waals surface area contributed by atoms with Crippen LogP contribution in [0.2, 0.25) is 5.02 Å². The van der Waals surface area contributed by atoms with Crippen molar-refractivity contribution in [2.24, 2.45) is 0 Å². The fourth-order valence-corrected chi connectivity index (χ4v) is 4.32. The molecule has 2 N–H and O–H groups in total. The van der Waals surface area contributed by atoms with Gasteiger partial charge in [-0.2, -0.15) is 5.01 Å². The molecule has 10 heteroatoms. The lowest BCUT2D eigenvalue weighted by atomic mass is 9.82. The van der Waals surface area contributed by atoms with Crippen LogP contribution in [0.25, 0.3) is 0 Å². The minimum atomic E-state index is -0.986. The zero-order valence-corrected chi connectivity index (χ0v) is 18.9. The normalized spacial score (nSPS) is 16.8. The summed E-state index contributed by atoms with van der Waals surface area (Å²) in [5.41, 5.74) is 1.63. The van der Waals surface area contributed by atoms with Crippen LogP contribution in [0.3, 0.4) is 0 Å². The van der Waals surface area contributed by atoms with Crippen molar-refractivity contribution in [2.45, 2.75) is 37.6 Å². The second-order valence-electron chi connectivity index (χ2n) is 8.21. The molecule has 1 heterocycles. The van der Waals surface area contributed by atoms with Crippen LogP contribution in [0.5, 0.6) is 0 Å². The Hall–Kier alpha value is -3.72. The number of imide groups is 1. The van der Waals surface area contributed by atoms with Gasteiger partial charge in [0, 0.05) is 16.1 Å². The molecule has 2 fully saturated rings. The van der Waals surface area contributed by atoms with Gasteiger partial charge in [0.15, 0.2) is 12.4 Å². The zero-order chi connectivity index (χ0) is 24.3. The Balaban J connectivity index is 1.39. The van der Waals surface area contributed by atoms with Crippen molar-refractivity contribution in [1.29, 1.82) is 0 Å². The lowest BCUT2D eigenvalue weighted by Crippen LogP contribution is -2.51. The number of nitrogens with zero attached hydrogens (tertiary/aromatic N) is 1. The highest BCUT2D eigenvalue weighted by molar-refractivity contribution is 6.30. The Kier molecular flexibility index (Phi) is 6.65. The van der Waals surface area contributed by atoms with E-state index in [1.165, 1.54) is 24.3 Å². The molecule has 4 amide bonds. The van der Waals surface area contributed by atoms with Crippen molar-refractivity contribution in [1.82, 2.24) is 15.8 Å². The molecule has 0 unspecified atom stereocenters. The lowest BCUT2D eigenvalue weighted by molar-refractivity contribution is -0.140. The Labute approximate surface area is 200 Å². The summed E-state index contributed by atoms with van der Waals surface area (Å²) < 4.78 is 5.06. The molecule has 4 rings (SSSR count). The van der Waals surface area contributed by atoms with E-state index < -0.39 is 41.7 Å². The van der Waals surface area contributed by atoms with Gasteiger partial charge in [-0.1, -0.05) is 49.1 Å². The average molecular weight is 484 g/mol. The molecule has 34 heavy (non-hydrogen) atoms. The molecule has 2 aliphatic rings. The quantitative estimate of drug-likeness (QED) is 0.370. The molecule has 2 aromatic rings. The standard InChI is InChI=1S/C24H22ClN3O6/c25-16-10-8-15(9-11-16)20(30)17-6-2-3-7-18(17)21(31)34-14-19(29)27-28-22(32)24(26-23(28)33)12-4-1-5-13-24/h2-3,6-11H,1,4-5,12-14H2,(H,26,33)(H,27,29). The summed E-state index contributed by atoms with van der Waals surface area (Å²) in [5.74, 6) is -2.68. The number of nitrogens with one attached hydrogen (secondary N) is 2. The van der Waals surface area contributed by atoms with Crippen LogP contribution in [-0.2, 0) is 14.3 Å². The number of ketones is 1. The Morgan fingerprint density at radius 3 is 2.29 bits per heavy atom. The molecule has 0 aromatic heterocycles. The minimum absolute atomic E-state index is 0.0219. The van der Waals surface area contributed by atoms with Crippen molar-refractivity contribution in [3.8, 4) is 0 Å². The Bertz CT molecular complexity index is 1160. The van der Waals surface area contributed by atoms with Gasteiger partial charge in [-0.25, -0.2) is 9.59 Å². The molecule has 0 radical (unpaired) electrons. The molecule has 176 valence electrons. The summed E-state index contributed by atoms with van der Waals surface area (Å²) >= 11 is 5.86. The summed E-state index contributed by atoms with van der Waals surface area (Å²) in [6.07, 6.45) is 3.61. The topological polar surface area (TPSA) is 122 Å². The van der Waals surface area contributed by atoms with Crippen molar-refractivity contribution in [2.75, 3.05) is 6.61 Å². The highest BCUT2D eigenvalue weighted by atomic mass is 35.5. The maximum atomic E-state index is 12.9. The molecule has 1 spiro atoms. The van der Waals surface area contributed by atoms with Crippen LogP contribution in [-0.4, -0.2) is 46.8 Å². The van der Waals surface area contributed by atoms with E-state index >= 15 is 0 Å². The number of rotatable bonds is 6. The van der Waals surface area contributed by atoms with Crippen LogP contribution in [0.4, 0.5) is 4.79 Å². The maximum absolute atomic E-state index is 12.9. The largest absolute Gasteiger partial charge is 0.452 e. The zero-order valence-electron chi connectivity index (χ0n) is 18.1. The van der Waals surface area contributed by atoms with E-state index in [9.17, 15) is 24.0 Å².